The third kappa shape index (κ3) is 6.96. The number of nitrogens with two attached hydrogens (primary N) is 1. The van der Waals surface area contributed by atoms with E-state index in [1.54, 1.807) is 24.3 Å². The van der Waals surface area contributed by atoms with Crippen molar-refractivity contribution < 1.29 is 9.59 Å². The van der Waals surface area contributed by atoms with Crippen molar-refractivity contribution in [3.8, 4) is 0 Å². The minimum atomic E-state index is -0.305. The maximum absolute atomic E-state index is 11.6. The molecule has 0 aliphatic heterocycles. The highest BCUT2D eigenvalue weighted by molar-refractivity contribution is 5.93. The summed E-state index contributed by atoms with van der Waals surface area (Å²) in [6.07, 6.45) is 1.02. The van der Waals surface area contributed by atoms with Crippen molar-refractivity contribution in [3.63, 3.8) is 0 Å². The van der Waals surface area contributed by atoms with Crippen LogP contribution in [0.3, 0.4) is 0 Å². The van der Waals surface area contributed by atoms with Crippen molar-refractivity contribution in [2.75, 3.05) is 17.7 Å². The fourth-order valence-corrected chi connectivity index (χ4v) is 1.45. The summed E-state index contributed by atoms with van der Waals surface area (Å²) in [4.78, 5) is 22.8. The number of carbonyl (C=O) groups is 2. The van der Waals surface area contributed by atoms with Crippen molar-refractivity contribution in [3.05, 3.63) is 24.3 Å². The maximum Gasteiger partial charge on any atom is 0.318 e. The van der Waals surface area contributed by atoms with Crippen LogP contribution in [0.5, 0.6) is 0 Å². The fourth-order valence-electron chi connectivity index (χ4n) is 1.45. The molecule has 0 aliphatic rings. The normalized spacial score (nSPS) is 10.9. The topological polar surface area (TPSA) is 96.2 Å². The standard InChI is InChI=1S/C13H20N4O2.ClH/c1-9(14)6-7-12(18)16-10-4-3-5-11(8-10)17-13(19)15-2;/h3-5,8-9H,6-7,14H2,1-2H3,(H,16,18)(H2,15,17,19);1H. The van der Waals surface area contributed by atoms with Gasteiger partial charge in [-0.2, -0.15) is 0 Å². The Morgan fingerprint density at radius 1 is 1.25 bits per heavy atom. The third-order valence-electron chi connectivity index (χ3n) is 2.46. The first-order valence-electron chi connectivity index (χ1n) is 6.15. The molecule has 1 rings (SSSR count). The van der Waals surface area contributed by atoms with Crippen molar-refractivity contribution in [2.45, 2.75) is 25.8 Å². The monoisotopic (exact) mass is 300 g/mol. The average Bonchev–Trinajstić information content (AvgIpc) is 2.36. The van der Waals surface area contributed by atoms with Crippen molar-refractivity contribution >= 4 is 35.7 Å². The molecule has 0 fully saturated rings. The summed E-state index contributed by atoms with van der Waals surface area (Å²) in [5.41, 5.74) is 6.85. The zero-order chi connectivity index (χ0) is 14.3. The van der Waals surface area contributed by atoms with E-state index in [0.717, 1.165) is 0 Å². The van der Waals surface area contributed by atoms with Gasteiger partial charge in [-0.15, -0.1) is 12.4 Å². The van der Waals surface area contributed by atoms with Gasteiger partial charge in [-0.25, -0.2) is 4.79 Å². The first-order chi connectivity index (χ1) is 9.01. The van der Waals surface area contributed by atoms with E-state index in [-0.39, 0.29) is 30.4 Å². The smallest absolute Gasteiger partial charge is 0.318 e. The van der Waals surface area contributed by atoms with Gasteiger partial charge in [0.15, 0.2) is 0 Å². The van der Waals surface area contributed by atoms with E-state index in [1.807, 2.05) is 6.92 Å². The summed E-state index contributed by atoms with van der Waals surface area (Å²) >= 11 is 0. The molecular weight excluding hydrogens is 280 g/mol. The molecule has 1 aromatic carbocycles. The Labute approximate surface area is 124 Å². The van der Waals surface area contributed by atoms with Gasteiger partial charge in [-0.05, 0) is 31.5 Å². The van der Waals surface area contributed by atoms with Crippen LogP contribution in [0.4, 0.5) is 16.2 Å². The lowest BCUT2D eigenvalue weighted by Crippen LogP contribution is -2.24. The molecule has 0 spiro atoms. The predicted octanol–water partition coefficient (Wildman–Crippen LogP) is 1.93. The Bertz CT molecular complexity index is 452. The number of carbonyl (C=O) groups excluding carboxylic acids is 2. The summed E-state index contributed by atoms with van der Waals surface area (Å²) in [7, 11) is 1.54. The molecule has 20 heavy (non-hydrogen) atoms. The van der Waals surface area contributed by atoms with Gasteiger partial charge in [-0.1, -0.05) is 6.07 Å². The van der Waals surface area contributed by atoms with Crippen LogP contribution in [-0.2, 0) is 4.79 Å². The predicted molar refractivity (Wildman–Crippen MR) is 83.3 cm³/mol. The maximum atomic E-state index is 11.6. The molecule has 6 nitrogen and oxygen atoms in total. The fraction of sp³-hybridized carbons (Fsp3) is 0.385. The minimum Gasteiger partial charge on any atom is -0.341 e. The van der Waals surface area contributed by atoms with E-state index in [4.69, 9.17) is 5.73 Å². The lowest BCUT2D eigenvalue weighted by Gasteiger charge is -2.09. The Kier molecular flexibility index (Phi) is 8.35. The van der Waals surface area contributed by atoms with Crippen molar-refractivity contribution in [1.82, 2.24) is 5.32 Å². The molecule has 7 heteroatoms. The van der Waals surface area contributed by atoms with E-state index in [0.29, 0.717) is 24.2 Å². The van der Waals surface area contributed by atoms with Crippen LogP contribution < -0.4 is 21.7 Å². The number of anilines is 2. The van der Waals surface area contributed by atoms with Gasteiger partial charge in [0.05, 0.1) is 0 Å². The molecule has 3 amide bonds. The first-order valence-corrected chi connectivity index (χ1v) is 6.15. The van der Waals surface area contributed by atoms with Crippen LogP contribution in [0.25, 0.3) is 0 Å². The number of nitrogens with one attached hydrogen (secondary N) is 3. The summed E-state index contributed by atoms with van der Waals surface area (Å²) in [5.74, 6) is -0.0885. The lowest BCUT2D eigenvalue weighted by atomic mass is 10.2. The second-order valence-corrected chi connectivity index (χ2v) is 4.35. The molecular formula is C13H21ClN4O2. The van der Waals surface area contributed by atoms with E-state index >= 15 is 0 Å². The van der Waals surface area contributed by atoms with Gasteiger partial charge in [0.1, 0.15) is 0 Å². The summed E-state index contributed by atoms with van der Waals surface area (Å²) in [6, 6.07) is 6.66. The number of rotatable bonds is 5. The first kappa shape index (κ1) is 18.2. The molecule has 0 radical (unpaired) electrons. The number of benzene rings is 1. The summed E-state index contributed by atoms with van der Waals surface area (Å²) in [6.45, 7) is 1.86. The number of urea groups is 1. The Morgan fingerprint density at radius 2 is 1.85 bits per heavy atom. The highest BCUT2D eigenvalue weighted by Crippen LogP contribution is 2.15. The van der Waals surface area contributed by atoms with Crippen LogP contribution in [0.15, 0.2) is 24.3 Å². The van der Waals surface area contributed by atoms with Gasteiger partial charge >= 0.3 is 6.03 Å². The molecule has 1 atom stereocenters. The van der Waals surface area contributed by atoms with E-state index in [1.165, 1.54) is 7.05 Å². The zero-order valence-electron chi connectivity index (χ0n) is 11.6. The molecule has 1 unspecified atom stereocenters. The molecule has 0 aliphatic carbocycles. The third-order valence-corrected chi connectivity index (χ3v) is 2.46. The van der Waals surface area contributed by atoms with E-state index in [9.17, 15) is 9.59 Å². The molecule has 0 aromatic heterocycles. The number of halogens is 1. The molecule has 0 heterocycles. The van der Waals surface area contributed by atoms with Gasteiger partial charge in [0.25, 0.3) is 0 Å². The Morgan fingerprint density at radius 3 is 2.40 bits per heavy atom. The molecule has 0 saturated carbocycles. The summed E-state index contributed by atoms with van der Waals surface area (Å²) in [5, 5.41) is 7.85. The number of hydrogen-bond donors (Lipinski definition) is 4. The van der Waals surface area contributed by atoms with Crippen molar-refractivity contribution in [2.24, 2.45) is 5.73 Å². The second-order valence-electron chi connectivity index (χ2n) is 4.35. The van der Waals surface area contributed by atoms with E-state index in [2.05, 4.69) is 16.0 Å². The molecule has 112 valence electrons. The number of amides is 3. The van der Waals surface area contributed by atoms with Gasteiger partial charge in [0, 0.05) is 30.9 Å². The zero-order valence-corrected chi connectivity index (χ0v) is 12.4. The van der Waals surface area contributed by atoms with Gasteiger partial charge in [0.2, 0.25) is 5.91 Å². The molecule has 1 aromatic rings. The average molecular weight is 301 g/mol. The Balaban J connectivity index is 0.00000361. The second kappa shape index (κ2) is 9.17. The number of hydrogen-bond acceptors (Lipinski definition) is 3. The quantitative estimate of drug-likeness (QED) is 0.669. The highest BCUT2D eigenvalue weighted by Gasteiger charge is 2.05. The van der Waals surface area contributed by atoms with Gasteiger partial charge < -0.3 is 21.7 Å². The summed E-state index contributed by atoms with van der Waals surface area (Å²) < 4.78 is 0. The van der Waals surface area contributed by atoms with Gasteiger partial charge in [-0.3, -0.25) is 4.79 Å². The Hall–Kier alpha value is -1.79. The SMILES string of the molecule is CNC(=O)Nc1cccc(NC(=O)CCC(C)N)c1.Cl. The highest BCUT2D eigenvalue weighted by atomic mass is 35.5. The largest absolute Gasteiger partial charge is 0.341 e. The lowest BCUT2D eigenvalue weighted by molar-refractivity contribution is -0.116. The molecule has 5 N–H and O–H groups in total. The molecule has 0 bridgehead atoms. The minimum absolute atomic E-state index is 0. The van der Waals surface area contributed by atoms with Crippen LogP contribution in [0.2, 0.25) is 0 Å². The van der Waals surface area contributed by atoms with Crippen LogP contribution in [-0.4, -0.2) is 25.0 Å². The van der Waals surface area contributed by atoms with Crippen LogP contribution in [0.1, 0.15) is 19.8 Å². The van der Waals surface area contributed by atoms with Crippen LogP contribution in [0, 0.1) is 0 Å². The molecule has 0 saturated heterocycles. The van der Waals surface area contributed by atoms with Crippen molar-refractivity contribution in [1.29, 1.82) is 0 Å². The van der Waals surface area contributed by atoms with E-state index < -0.39 is 0 Å². The van der Waals surface area contributed by atoms with Crippen LogP contribution >= 0.6 is 12.4 Å².